The second kappa shape index (κ2) is 13.0. The minimum Gasteiger partial charge on any atom is -0.491 e. The van der Waals surface area contributed by atoms with Gasteiger partial charge in [0, 0.05) is 39.3 Å². The van der Waals surface area contributed by atoms with E-state index in [2.05, 4.69) is 15.7 Å². The Bertz CT molecular complexity index is 1270. The van der Waals surface area contributed by atoms with E-state index in [1.165, 1.54) is 16.0 Å². The van der Waals surface area contributed by atoms with Crippen molar-refractivity contribution in [2.75, 3.05) is 33.3 Å². The molecule has 2 atom stereocenters. The number of nitrogens with one attached hydrogen (secondary N) is 2. The van der Waals surface area contributed by atoms with Gasteiger partial charge in [-0.25, -0.2) is 0 Å². The first kappa shape index (κ1) is 29.9. The molecule has 1 aromatic heterocycles. The van der Waals surface area contributed by atoms with Crippen molar-refractivity contribution in [2.24, 2.45) is 0 Å². The number of halogens is 3. The minimum atomic E-state index is -4.54. The Hall–Kier alpha value is -4.10. The Kier molecular flexibility index (Phi) is 9.50. The monoisotopic (exact) mass is 578 g/mol. The highest BCUT2D eigenvalue weighted by Crippen LogP contribution is 2.27. The third-order valence-electron chi connectivity index (χ3n) is 7.11. The number of alkyl halides is 3. The van der Waals surface area contributed by atoms with Gasteiger partial charge in [0.05, 0.1) is 12.1 Å². The number of para-hydroxylation sites is 1. The molecule has 2 N–H and O–H groups in total. The van der Waals surface area contributed by atoms with Crippen LogP contribution in [0.4, 0.5) is 13.2 Å². The van der Waals surface area contributed by atoms with Gasteiger partial charge in [-0.2, -0.15) is 18.3 Å². The van der Waals surface area contributed by atoms with Crippen LogP contribution in [0.3, 0.4) is 0 Å². The fourth-order valence-corrected chi connectivity index (χ4v) is 4.89. The fraction of sp³-hybridized carbons (Fsp3) is 0.519. The predicted octanol–water partition coefficient (Wildman–Crippen LogP) is 1.83. The normalized spacial score (nSPS) is 20.8. The van der Waals surface area contributed by atoms with Gasteiger partial charge in [0.25, 0.3) is 5.91 Å². The highest BCUT2D eigenvalue weighted by Gasteiger charge is 2.36. The van der Waals surface area contributed by atoms with Crippen molar-refractivity contribution < 1.29 is 37.1 Å². The van der Waals surface area contributed by atoms with Gasteiger partial charge in [-0.1, -0.05) is 12.1 Å². The zero-order valence-corrected chi connectivity index (χ0v) is 22.7. The predicted molar refractivity (Wildman–Crippen MR) is 140 cm³/mol. The molecule has 0 aliphatic carbocycles. The number of aromatic nitrogens is 2. The van der Waals surface area contributed by atoms with E-state index in [0.29, 0.717) is 19.4 Å². The van der Waals surface area contributed by atoms with E-state index < -0.39 is 35.8 Å². The van der Waals surface area contributed by atoms with Crippen molar-refractivity contribution in [3.8, 4) is 5.75 Å². The van der Waals surface area contributed by atoms with Gasteiger partial charge in [-0.3, -0.25) is 23.9 Å². The lowest BCUT2D eigenvalue weighted by Crippen LogP contribution is -2.49. The van der Waals surface area contributed by atoms with E-state index >= 15 is 0 Å². The number of carbonyl (C=O) groups excluding carboxylic acids is 4. The lowest BCUT2D eigenvalue weighted by Gasteiger charge is -2.28. The summed E-state index contributed by atoms with van der Waals surface area (Å²) < 4.78 is 45.3. The van der Waals surface area contributed by atoms with Crippen LogP contribution in [0.25, 0.3) is 0 Å². The third-order valence-corrected chi connectivity index (χ3v) is 7.11. The number of hydrogen-bond acceptors (Lipinski definition) is 6. The van der Waals surface area contributed by atoms with Crippen LogP contribution in [0.2, 0.25) is 0 Å². The maximum atomic E-state index is 13.2. The number of hydrogen-bond donors (Lipinski definition) is 2. The number of benzene rings is 1. The molecular formula is C27H33F3N6O5. The molecule has 0 unspecified atom stereocenters. The average molecular weight is 579 g/mol. The molecule has 0 radical (unpaired) electrons. The van der Waals surface area contributed by atoms with E-state index in [0.717, 1.165) is 10.7 Å². The quantitative estimate of drug-likeness (QED) is 0.522. The maximum absolute atomic E-state index is 13.2. The van der Waals surface area contributed by atoms with Gasteiger partial charge in [0.2, 0.25) is 17.7 Å². The number of carbonyl (C=O) groups is 4. The largest absolute Gasteiger partial charge is 0.491 e. The van der Waals surface area contributed by atoms with Crippen LogP contribution >= 0.6 is 0 Å². The van der Waals surface area contributed by atoms with Crippen LogP contribution in [-0.2, 0) is 27.1 Å². The van der Waals surface area contributed by atoms with Crippen molar-refractivity contribution in [1.82, 2.24) is 30.2 Å². The third kappa shape index (κ3) is 7.55. The summed E-state index contributed by atoms with van der Waals surface area (Å²) in [6.45, 7) is 1.05. The van der Waals surface area contributed by atoms with E-state index in [1.807, 2.05) is 0 Å². The number of aryl methyl sites for hydroxylation is 1. The molecule has 4 amide bonds. The Morgan fingerprint density at radius 2 is 1.93 bits per heavy atom. The first-order valence-electron chi connectivity index (χ1n) is 13.5. The van der Waals surface area contributed by atoms with Gasteiger partial charge in [-0.15, -0.1) is 0 Å². The zero-order valence-electron chi connectivity index (χ0n) is 22.7. The van der Waals surface area contributed by atoms with Gasteiger partial charge < -0.3 is 25.2 Å². The van der Waals surface area contributed by atoms with Crippen molar-refractivity contribution >= 4 is 23.6 Å². The molecule has 1 saturated heterocycles. The SMILES string of the molecule is CN1CCOc2ccccc2C(=O)N[C@H](C(=O)NCCCn2ccc(C(F)(F)F)n2)CCC(=O)N2CCC[C@@H]2C1=O. The molecule has 1 fully saturated rings. The highest BCUT2D eigenvalue weighted by atomic mass is 19.4. The molecule has 2 aromatic rings. The summed E-state index contributed by atoms with van der Waals surface area (Å²) in [6, 6.07) is 5.72. The van der Waals surface area contributed by atoms with Crippen molar-refractivity contribution in [2.45, 2.75) is 56.9 Å². The average Bonchev–Trinajstić information content (AvgIpc) is 3.62. The number of fused-ring (bicyclic) bond motifs is 2. The van der Waals surface area contributed by atoms with Crippen LogP contribution < -0.4 is 15.4 Å². The second-order valence-corrected chi connectivity index (χ2v) is 10.0. The van der Waals surface area contributed by atoms with Crippen LogP contribution in [0.1, 0.15) is 48.2 Å². The summed E-state index contributed by atoms with van der Waals surface area (Å²) in [7, 11) is 1.64. The molecule has 1 aromatic carbocycles. The van der Waals surface area contributed by atoms with Crippen molar-refractivity contribution in [3.63, 3.8) is 0 Å². The summed E-state index contributed by atoms with van der Waals surface area (Å²) in [4.78, 5) is 55.5. The summed E-state index contributed by atoms with van der Waals surface area (Å²) in [6.07, 6.45) is -1.91. The van der Waals surface area contributed by atoms with Gasteiger partial charge in [0.1, 0.15) is 24.4 Å². The Balaban J connectivity index is 1.45. The van der Waals surface area contributed by atoms with Crippen molar-refractivity contribution in [1.29, 1.82) is 0 Å². The summed E-state index contributed by atoms with van der Waals surface area (Å²) in [5.41, 5.74) is -0.803. The van der Waals surface area contributed by atoms with Crippen molar-refractivity contribution in [3.05, 3.63) is 47.8 Å². The molecule has 3 heterocycles. The lowest BCUT2D eigenvalue weighted by molar-refractivity contribution is -0.143. The van der Waals surface area contributed by atoms with Crippen LogP contribution in [0.15, 0.2) is 36.5 Å². The fourth-order valence-electron chi connectivity index (χ4n) is 4.89. The minimum absolute atomic E-state index is 0.0131. The number of nitrogens with zero attached hydrogens (tertiary/aromatic N) is 4. The molecule has 0 bridgehead atoms. The van der Waals surface area contributed by atoms with Crippen LogP contribution in [0.5, 0.6) is 5.75 Å². The molecule has 14 heteroatoms. The Morgan fingerprint density at radius 3 is 2.68 bits per heavy atom. The summed E-state index contributed by atoms with van der Waals surface area (Å²) in [5.74, 6) is -1.30. The summed E-state index contributed by atoms with van der Waals surface area (Å²) >= 11 is 0. The van der Waals surface area contributed by atoms with Crippen LogP contribution in [0, 0.1) is 0 Å². The van der Waals surface area contributed by atoms with Gasteiger partial charge in [0.15, 0.2) is 5.69 Å². The smallest absolute Gasteiger partial charge is 0.435 e. The first-order chi connectivity index (χ1) is 19.5. The standard InChI is InChI=1S/C27H33F3N6O5/c1-34-16-17-41-21-8-3-2-6-18(21)24(38)32-19(9-10-23(37)36-14-4-7-20(36)26(34)40)25(39)31-12-5-13-35-15-11-22(33-35)27(28,29)30/h2-3,6,8,11,15,19-20H,4-5,7,9-10,12-14,16-17H2,1H3,(H,31,39)(H,32,38)/t19-,20+/m0/s1. The topological polar surface area (TPSA) is 126 Å². The molecule has 0 spiro atoms. The summed E-state index contributed by atoms with van der Waals surface area (Å²) in [5, 5.41) is 8.87. The highest BCUT2D eigenvalue weighted by molar-refractivity contribution is 5.99. The zero-order chi connectivity index (χ0) is 29.6. The molecule has 0 saturated carbocycles. The number of likely N-dealkylation sites (N-methyl/N-ethyl adjacent to an activating group) is 1. The van der Waals surface area contributed by atoms with E-state index in [9.17, 15) is 32.3 Å². The lowest BCUT2D eigenvalue weighted by atomic mass is 10.1. The Morgan fingerprint density at radius 1 is 1.15 bits per heavy atom. The molecular weight excluding hydrogens is 545 g/mol. The molecule has 41 heavy (non-hydrogen) atoms. The first-order valence-corrected chi connectivity index (χ1v) is 13.5. The molecule has 2 aliphatic heterocycles. The number of rotatable bonds is 5. The van der Waals surface area contributed by atoms with E-state index in [1.54, 1.807) is 31.3 Å². The van der Waals surface area contributed by atoms with Gasteiger partial charge in [-0.05, 0) is 43.9 Å². The number of ether oxygens (including phenoxy) is 1. The molecule has 2 aliphatic rings. The Labute approximate surface area is 235 Å². The number of amides is 4. The molecule has 222 valence electrons. The van der Waals surface area contributed by atoms with Crippen LogP contribution in [-0.4, -0.2) is 88.6 Å². The molecule has 4 rings (SSSR count). The van der Waals surface area contributed by atoms with E-state index in [-0.39, 0.29) is 68.6 Å². The van der Waals surface area contributed by atoms with E-state index in [4.69, 9.17) is 4.74 Å². The van der Waals surface area contributed by atoms with Gasteiger partial charge >= 0.3 is 6.18 Å². The maximum Gasteiger partial charge on any atom is 0.435 e. The second-order valence-electron chi connectivity index (χ2n) is 10.0. The molecule has 11 nitrogen and oxygen atoms in total.